The molecule has 0 heterocycles. The fourth-order valence-electron chi connectivity index (χ4n) is 13.2. The summed E-state index contributed by atoms with van der Waals surface area (Å²) < 4.78 is 5.48. The lowest BCUT2D eigenvalue weighted by molar-refractivity contribution is -0.143. The second-order valence-electron chi connectivity index (χ2n) is 28.5. The Morgan fingerprint density at radius 3 is 0.820 bits per heavy atom. The molecule has 0 rings (SSSR count). The number of nitrogens with one attached hydrogen (secondary N) is 1. The zero-order chi connectivity index (χ0) is 64.2. The monoisotopic (exact) mass is 1250 g/mol. The van der Waals surface area contributed by atoms with Crippen LogP contribution in [0.4, 0.5) is 0 Å². The standard InChI is InChI=1S/C83H161NO5/c1-3-5-7-9-11-13-15-17-18-19-20-21-37-40-43-46-49-52-55-59-63-67-71-75-81(86)80(79-85)84-82(87)76-72-68-64-60-56-53-50-47-44-41-38-35-33-31-29-27-25-23-22-24-26-28-30-32-34-36-39-42-45-48-51-54-58-62-66-70-74-78-89-83(88)77-73-69-65-61-57-16-14-12-10-8-6-4-2/h12,14,22,24,80-81,85-86H,3-11,13,15-21,23,25-79H2,1-2H3,(H,84,87)/b14-12-,24-22-. The van der Waals surface area contributed by atoms with Gasteiger partial charge in [-0.15, -0.1) is 0 Å². The Kier molecular flexibility index (Phi) is 77.3. The number of ether oxygens (including phenoxy) is 1. The van der Waals surface area contributed by atoms with Gasteiger partial charge < -0.3 is 20.3 Å². The Labute approximate surface area is 558 Å². The van der Waals surface area contributed by atoms with Crippen molar-refractivity contribution in [1.82, 2.24) is 5.32 Å². The van der Waals surface area contributed by atoms with Gasteiger partial charge in [0.2, 0.25) is 5.91 Å². The normalized spacial score (nSPS) is 12.5. The van der Waals surface area contributed by atoms with Crippen molar-refractivity contribution in [3.63, 3.8) is 0 Å². The van der Waals surface area contributed by atoms with Gasteiger partial charge in [-0.2, -0.15) is 0 Å². The van der Waals surface area contributed by atoms with E-state index in [4.69, 9.17) is 4.74 Å². The summed E-state index contributed by atoms with van der Waals surface area (Å²) in [6, 6.07) is -0.539. The van der Waals surface area contributed by atoms with Crippen LogP contribution in [-0.4, -0.2) is 47.4 Å². The Morgan fingerprint density at radius 2 is 0.528 bits per heavy atom. The highest BCUT2D eigenvalue weighted by atomic mass is 16.5. The van der Waals surface area contributed by atoms with E-state index < -0.39 is 12.1 Å². The molecule has 2 unspecified atom stereocenters. The molecule has 0 aliphatic carbocycles. The van der Waals surface area contributed by atoms with Crippen molar-refractivity contribution in [2.45, 2.75) is 482 Å². The van der Waals surface area contributed by atoms with Crippen molar-refractivity contribution in [2.24, 2.45) is 0 Å². The van der Waals surface area contributed by atoms with Crippen LogP contribution in [0.5, 0.6) is 0 Å². The number of aliphatic hydroxyl groups is 2. The van der Waals surface area contributed by atoms with E-state index in [1.165, 1.54) is 392 Å². The van der Waals surface area contributed by atoms with Crippen LogP contribution >= 0.6 is 0 Å². The van der Waals surface area contributed by atoms with Crippen LogP contribution in [0.25, 0.3) is 0 Å². The molecule has 6 heteroatoms. The summed E-state index contributed by atoms with van der Waals surface area (Å²) in [5, 5.41) is 23.5. The largest absolute Gasteiger partial charge is 0.466 e. The van der Waals surface area contributed by atoms with Gasteiger partial charge in [0, 0.05) is 12.8 Å². The molecule has 0 fully saturated rings. The third-order valence-corrected chi connectivity index (χ3v) is 19.5. The molecule has 0 aromatic heterocycles. The molecule has 528 valence electrons. The predicted octanol–water partition coefficient (Wildman–Crippen LogP) is 27.2. The molecule has 0 aromatic carbocycles. The number of hydrogen-bond donors (Lipinski definition) is 3. The maximum absolute atomic E-state index is 12.6. The molecule has 0 radical (unpaired) electrons. The Balaban J connectivity index is 3.34. The molecule has 1 amide bonds. The lowest BCUT2D eigenvalue weighted by Gasteiger charge is -2.22. The van der Waals surface area contributed by atoms with E-state index in [1.807, 2.05) is 0 Å². The second kappa shape index (κ2) is 78.8. The minimum atomic E-state index is -0.663. The lowest BCUT2D eigenvalue weighted by Crippen LogP contribution is -2.45. The molecule has 89 heavy (non-hydrogen) atoms. The molecular formula is C83H161NO5. The number of unbranched alkanes of at least 4 members (excludes halogenated alkanes) is 63. The third kappa shape index (κ3) is 75.3. The number of hydrogen-bond acceptors (Lipinski definition) is 5. The van der Waals surface area contributed by atoms with Gasteiger partial charge in [0.1, 0.15) is 0 Å². The van der Waals surface area contributed by atoms with E-state index in [0.29, 0.717) is 25.9 Å². The molecule has 2 atom stereocenters. The highest BCUT2D eigenvalue weighted by Gasteiger charge is 2.20. The maximum atomic E-state index is 12.6. The topological polar surface area (TPSA) is 95.9 Å². The number of rotatable bonds is 78. The van der Waals surface area contributed by atoms with E-state index in [9.17, 15) is 19.8 Å². The first-order valence-electron chi connectivity index (χ1n) is 41.1. The van der Waals surface area contributed by atoms with Crippen molar-refractivity contribution >= 4 is 11.9 Å². The van der Waals surface area contributed by atoms with Gasteiger partial charge in [0.05, 0.1) is 25.4 Å². The van der Waals surface area contributed by atoms with Crippen molar-refractivity contribution < 1.29 is 24.5 Å². The van der Waals surface area contributed by atoms with Gasteiger partial charge in [0.15, 0.2) is 0 Å². The highest BCUT2D eigenvalue weighted by molar-refractivity contribution is 5.76. The fraction of sp³-hybridized carbons (Fsp3) is 0.928. The molecule has 0 bridgehead atoms. The van der Waals surface area contributed by atoms with Crippen LogP contribution < -0.4 is 5.32 Å². The van der Waals surface area contributed by atoms with E-state index in [2.05, 4.69) is 43.5 Å². The average molecular weight is 1250 g/mol. The van der Waals surface area contributed by atoms with Gasteiger partial charge in [-0.05, 0) is 77.0 Å². The summed E-state index contributed by atoms with van der Waals surface area (Å²) in [4.78, 5) is 24.6. The van der Waals surface area contributed by atoms with Gasteiger partial charge in [0.25, 0.3) is 0 Å². The number of aliphatic hydroxyl groups excluding tert-OH is 2. The minimum absolute atomic E-state index is 0.0122. The zero-order valence-electron chi connectivity index (χ0n) is 60.7. The van der Waals surface area contributed by atoms with Crippen molar-refractivity contribution in [2.75, 3.05) is 13.2 Å². The molecule has 0 saturated carbocycles. The molecular weight excluding hydrogens is 1090 g/mol. The number of amides is 1. The number of esters is 1. The molecule has 0 aliphatic rings. The first kappa shape index (κ1) is 87.3. The molecule has 0 spiro atoms. The first-order valence-corrected chi connectivity index (χ1v) is 41.1. The Morgan fingerprint density at radius 1 is 0.303 bits per heavy atom. The van der Waals surface area contributed by atoms with Gasteiger partial charge in [-0.1, -0.05) is 404 Å². The summed E-state index contributed by atoms with van der Waals surface area (Å²) in [6.45, 7) is 4.98. The van der Waals surface area contributed by atoms with Gasteiger partial charge in [-0.25, -0.2) is 0 Å². The van der Waals surface area contributed by atoms with Crippen LogP contribution in [-0.2, 0) is 14.3 Å². The second-order valence-corrected chi connectivity index (χ2v) is 28.5. The SMILES string of the molecule is CCCCC/C=C\CCCCCCCC(=O)OCCCCCCCCCCCCCCCCCC/C=C\CCCCCCCCCCCCCCCCCCCC(=O)NC(CO)C(O)CCCCCCCCCCCCCCCCCCCCCCCCC. The van der Waals surface area contributed by atoms with Crippen molar-refractivity contribution in [3.05, 3.63) is 24.3 Å². The van der Waals surface area contributed by atoms with E-state index in [-0.39, 0.29) is 18.5 Å². The molecule has 6 nitrogen and oxygen atoms in total. The zero-order valence-corrected chi connectivity index (χ0v) is 60.7. The van der Waals surface area contributed by atoms with E-state index in [1.54, 1.807) is 0 Å². The van der Waals surface area contributed by atoms with Crippen LogP contribution in [0.3, 0.4) is 0 Å². The molecule has 3 N–H and O–H groups in total. The summed E-state index contributed by atoms with van der Waals surface area (Å²) in [7, 11) is 0. The number of carbonyl (C=O) groups excluding carboxylic acids is 2. The van der Waals surface area contributed by atoms with Crippen LogP contribution in [0, 0.1) is 0 Å². The summed E-state index contributed by atoms with van der Waals surface area (Å²) in [5.41, 5.74) is 0. The van der Waals surface area contributed by atoms with E-state index in [0.717, 1.165) is 44.9 Å². The smallest absolute Gasteiger partial charge is 0.305 e. The average Bonchev–Trinajstić information content (AvgIpc) is 3.65. The maximum Gasteiger partial charge on any atom is 0.305 e. The van der Waals surface area contributed by atoms with Crippen molar-refractivity contribution in [1.29, 1.82) is 0 Å². The Hall–Kier alpha value is -1.66. The molecule has 0 aromatic rings. The fourth-order valence-corrected chi connectivity index (χ4v) is 13.2. The molecule has 0 aliphatic heterocycles. The summed E-state index contributed by atoms with van der Waals surface area (Å²) in [5.74, 6) is -0.0129. The van der Waals surface area contributed by atoms with Crippen molar-refractivity contribution in [3.8, 4) is 0 Å². The lowest BCUT2D eigenvalue weighted by atomic mass is 10.0. The number of allylic oxidation sites excluding steroid dienone is 4. The molecule has 0 saturated heterocycles. The minimum Gasteiger partial charge on any atom is -0.466 e. The third-order valence-electron chi connectivity index (χ3n) is 19.5. The quantitative estimate of drug-likeness (QED) is 0.0320. The summed E-state index contributed by atoms with van der Waals surface area (Å²) >= 11 is 0. The van der Waals surface area contributed by atoms with Gasteiger partial charge >= 0.3 is 5.97 Å². The van der Waals surface area contributed by atoms with Crippen LogP contribution in [0.15, 0.2) is 24.3 Å². The first-order chi connectivity index (χ1) is 44.0. The number of carbonyl (C=O) groups is 2. The highest BCUT2D eigenvalue weighted by Crippen LogP contribution is 2.20. The summed E-state index contributed by atoms with van der Waals surface area (Å²) in [6.07, 6.45) is 101. The predicted molar refractivity (Wildman–Crippen MR) is 393 cm³/mol. The Bertz CT molecular complexity index is 1400. The van der Waals surface area contributed by atoms with Crippen LogP contribution in [0.2, 0.25) is 0 Å². The van der Waals surface area contributed by atoms with Crippen LogP contribution in [0.1, 0.15) is 470 Å². The van der Waals surface area contributed by atoms with E-state index >= 15 is 0 Å². The van der Waals surface area contributed by atoms with Gasteiger partial charge in [-0.3, -0.25) is 9.59 Å².